The smallest absolute Gasteiger partial charge is 0.116 e. The second-order valence-corrected chi connectivity index (χ2v) is 10.3. The normalized spacial score (nSPS) is 12.6. The van der Waals surface area contributed by atoms with Crippen molar-refractivity contribution in [3.8, 4) is 5.75 Å². The highest BCUT2D eigenvalue weighted by Crippen LogP contribution is 2.25. The summed E-state index contributed by atoms with van der Waals surface area (Å²) in [6, 6.07) is 6.22. The molecule has 25 heavy (non-hydrogen) atoms. The number of phenolic OH excluding ortho intramolecular Hbond substituents is 1. The Morgan fingerprint density at radius 2 is 1.00 bits per heavy atom. The molecular weight excluding hydrogens is 304 g/mol. The van der Waals surface area contributed by atoms with Gasteiger partial charge in [0.15, 0.2) is 0 Å². The highest BCUT2D eigenvalue weighted by molar-refractivity contribution is 5.33. The lowest BCUT2D eigenvalue weighted by Crippen LogP contribution is -2.04. The summed E-state index contributed by atoms with van der Waals surface area (Å²) in [5.41, 5.74) is 3.51. The number of aromatic hydroxyl groups is 1. The fraction of sp³-hybridized carbons (Fsp3) is 0.750. The zero-order chi connectivity index (χ0) is 18.9. The minimum atomic E-state index is 0.442. The fourth-order valence-electron chi connectivity index (χ4n) is 3.35. The molecule has 1 heteroatoms. The van der Waals surface area contributed by atoms with Crippen LogP contribution in [0.4, 0.5) is 0 Å². The number of hydrogen-bond donors (Lipinski definition) is 1. The molecule has 0 aliphatic heterocycles. The molecule has 0 aliphatic carbocycles. The first kappa shape index (κ1) is 22.1. The Labute approximate surface area is 157 Å². The van der Waals surface area contributed by atoms with Crippen molar-refractivity contribution >= 4 is 0 Å². The average molecular weight is 347 g/mol. The van der Waals surface area contributed by atoms with Crippen LogP contribution in [0.3, 0.4) is 0 Å². The van der Waals surface area contributed by atoms with E-state index >= 15 is 0 Å². The van der Waals surface area contributed by atoms with Crippen molar-refractivity contribution in [3.05, 3.63) is 29.3 Å². The molecular formula is C24H42O. The van der Waals surface area contributed by atoms with Gasteiger partial charge in [0.2, 0.25) is 0 Å². The van der Waals surface area contributed by atoms with Gasteiger partial charge >= 0.3 is 0 Å². The predicted molar refractivity (Wildman–Crippen MR) is 111 cm³/mol. The molecule has 0 amide bonds. The van der Waals surface area contributed by atoms with Crippen LogP contribution in [0, 0.1) is 10.8 Å². The number of aryl methyl sites for hydroxylation is 2. The van der Waals surface area contributed by atoms with E-state index in [-0.39, 0.29) is 0 Å². The summed E-state index contributed by atoms with van der Waals surface area (Å²) < 4.78 is 0. The number of benzene rings is 1. The van der Waals surface area contributed by atoms with Gasteiger partial charge in [-0.15, -0.1) is 0 Å². The lowest BCUT2D eigenvalue weighted by Gasteiger charge is -2.17. The highest BCUT2D eigenvalue weighted by atomic mass is 16.3. The maximum absolute atomic E-state index is 10.0. The Morgan fingerprint density at radius 1 is 0.600 bits per heavy atom. The molecule has 0 saturated heterocycles. The van der Waals surface area contributed by atoms with Gasteiger partial charge < -0.3 is 5.11 Å². The second-order valence-electron chi connectivity index (χ2n) is 10.3. The van der Waals surface area contributed by atoms with Crippen molar-refractivity contribution in [2.45, 2.75) is 106 Å². The van der Waals surface area contributed by atoms with Crippen molar-refractivity contribution in [2.75, 3.05) is 0 Å². The van der Waals surface area contributed by atoms with Crippen LogP contribution in [0.15, 0.2) is 18.2 Å². The Morgan fingerprint density at radius 3 is 1.36 bits per heavy atom. The molecule has 1 aromatic carbocycles. The monoisotopic (exact) mass is 346 g/mol. The fourth-order valence-corrected chi connectivity index (χ4v) is 3.35. The predicted octanol–water partition coefficient (Wildman–Crippen LogP) is 7.69. The molecule has 1 nitrogen and oxygen atoms in total. The van der Waals surface area contributed by atoms with Crippen LogP contribution in [-0.4, -0.2) is 5.11 Å². The Kier molecular flexibility index (Phi) is 9.03. The van der Waals surface area contributed by atoms with Crippen LogP contribution >= 0.6 is 0 Å². The van der Waals surface area contributed by atoms with Gasteiger partial charge in [-0.1, -0.05) is 73.3 Å². The zero-order valence-electron chi connectivity index (χ0n) is 17.8. The molecule has 0 aromatic heterocycles. The molecule has 0 fully saturated rings. The quantitative estimate of drug-likeness (QED) is 0.430. The van der Waals surface area contributed by atoms with E-state index in [1.165, 1.54) is 62.5 Å². The summed E-state index contributed by atoms with van der Waals surface area (Å²) in [5, 5.41) is 10.0. The van der Waals surface area contributed by atoms with E-state index in [2.05, 4.69) is 47.6 Å². The lowest BCUT2D eigenvalue weighted by molar-refractivity contribution is 0.358. The number of phenols is 1. The topological polar surface area (TPSA) is 20.2 Å². The summed E-state index contributed by atoms with van der Waals surface area (Å²) in [4.78, 5) is 0. The van der Waals surface area contributed by atoms with Crippen molar-refractivity contribution in [1.82, 2.24) is 0 Å². The summed E-state index contributed by atoms with van der Waals surface area (Å²) in [5.74, 6) is 0.442. The first-order valence-corrected chi connectivity index (χ1v) is 10.4. The zero-order valence-corrected chi connectivity index (χ0v) is 17.8. The highest BCUT2D eigenvalue weighted by Gasteiger charge is 2.10. The van der Waals surface area contributed by atoms with E-state index in [4.69, 9.17) is 0 Å². The average Bonchev–Trinajstić information content (AvgIpc) is 2.43. The van der Waals surface area contributed by atoms with E-state index in [1.807, 2.05) is 12.1 Å². The Bertz CT molecular complexity index is 446. The standard InChI is InChI=1S/C24H42O/c1-23(2,3)15-11-7-9-13-20-17-21(19-22(25)18-20)14-10-8-12-16-24(4,5)6/h17-19,25H,7-16H2,1-6H3. The summed E-state index contributed by atoms with van der Waals surface area (Å²) in [6.45, 7) is 13.9. The molecule has 0 saturated carbocycles. The van der Waals surface area contributed by atoms with Gasteiger partial charge in [-0.2, -0.15) is 0 Å². The third-order valence-electron chi connectivity index (χ3n) is 4.82. The van der Waals surface area contributed by atoms with Crippen LogP contribution in [0.2, 0.25) is 0 Å². The van der Waals surface area contributed by atoms with Crippen molar-refractivity contribution in [2.24, 2.45) is 10.8 Å². The minimum absolute atomic E-state index is 0.442. The molecule has 0 atom stereocenters. The maximum atomic E-state index is 10.0. The van der Waals surface area contributed by atoms with Crippen molar-refractivity contribution in [3.63, 3.8) is 0 Å². The SMILES string of the molecule is CC(C)(C)CCCCCc1cc(O)cc(CCCCCC(C)(C)C)c1. The summed E-state index contributed by atoms with van der Waals surface area (Å²) in [7, 11) is 0. The van der Waals surface area contributed by atoms with Crippen LogP contribution in [0.25, 0.3) is 0 Å². The first-order valence-electron chi connectivity index (χ1n) is 10.4. The van der Waals surface area contributed by atoms with Crippen LogP contribution < -0.4 is 0 Å². The van der Waals surface area contributed by atoms with Crippen molar-refractivity contribution in [1.29, 1.82) is 0 Å². The molecule has 0 unspecified atom stereocenters. The molecule has 0 spiro atoms. The molecule has 1 N–H and O–H groups in total. The summed E-state index contributed by atoms with van der Waals surface area (Å²) >= 11 is 0. The van der Waals surface area contributed by atoms with Gasteiger partial charge in [0.25, 0.3) is 0 Å². The molecule has 1 rings (SSSR count). The molecule has 1 aromatic rings. The van der Waals surface area contributed by atoms with Crippen LogP contribution in [-0.2, 0) is 12.8 Å². The largest absolute Gasteiger partial charge is 0.508 e. The van der Waals surface area contributed by atoms with E-state index in [0.717, 1.165) is 12.8 Å². The van der Waals surface area contributed by atoms with Gasteiger partial charge in [-0.05, 0) is 72.6 Å². The van der Waals surface area contributed by atoms with E-state index < -0.39 is 0 Å². The van der Waals surface area contributed by atoms with E-state index in [1.54, 1.807) is 0 Å². The van der Waals surface area contributed by atoms with Crippen molar-refractivity contribution < 1.29 is 5.11 Å². The molecule has 0 aliphatic rings. The molecule has 0 radical (unpaired) electrons. The van der Waals surface area contributed by atoms with Gasteiger partial charge in [-0.3, -0.25) is 0 Å². The van der Waals surface area contributed by atoms with Gasteiger partial charge in [0.05, 0.1) is 0 Å². The van der Waals surface area contributed by atoms with Gasteiger partial charge in [0.1, 0.15) is 5.75 Å². The Balaban J connectivity index is 2.32. The molecule has 0 bridgehead atoms. The third-order valence-corrected chi connectivity index (χ3v) is 4.82. The van der Waals surface area contributed by atoms with E-state index in [0.29, 0.717) is 16.6 Å². The van der Waals surface area contributed by atoms with Gasteiger partial charge in [-0.25, -0.2) is 0 Å². The Hall–Kier alpha value is -0.980. The van der Waals surface area contributed by atoms with Gasteiger partial charge in [0, 0.05) is 0 Å². The van der Waals surface area contributed by atoms with Crippen LogP contribution in [0.1, 0.15) is 104 Å². The minimum Gasteiger partial charge on any atom is -0.508 e. The second kappa shape index (κ2) is 10.2. The summed E-state index contributed by atoms with van der Waals surface area (Å²) in [6.07, 6.45) is 12.4. The number of unbranched alkanes of at least 4 members (excludes halogenated alkanes) is 4. The van der Waals surface area contributed by atoms with Crippen LogP contribution in [0.5, 0.6) is 5.75 Å². The van der Waals surface area contributed by atoms with E-state index in [9.17, 15) is 5.11 Å². The third kappa shape index (κ3) is 12.1. The number of rotatable bonds is 10. The molecule has 0 heterocycles. The maximum Gasteiger partial charge on any atom is 0.116 e. The lowest BCUT2D eigenvalue weighted by atomic mass is 9.89. The first-order chi connectivity index (χ1) is 11.6. The molecule has 144 valence electrons. The number of hydrogen-bond acceptors (Lipinski definition) is 1.